The molecule has 0 aliphatic carbocycles. The van der Waals surface area contributed by atoms with E-state index in [0.717, 1.165) is 44.3 Å². The van der Waals surface area contributed by atoms with Crippen molar-refractivity contribution in [2.24, 2.45) is 0 Å². The summed E-state index contributed by atoms with van der Waals surface area (Å²) >= 11 is 0. The molecule has 0 bridgehead atoms. The molecular formula is C24H29NO3. The van der Waals surface area contributed by atoms with Gasteiger partial charge in [-0.3, -0.25) is 4.79 Å². The van der Waals surface area contributed by atoms with Gasteiger partial charge in [0.05, 0.1) is 17.4 Å². The minimum Gasteiger partial charge on any atom is -0.507 e. The van der Waals surface area contributed by atoms with Crippen molar-refractivity contribution in [1.29, 1.82) is 0 Å². The van der Waals surface area contributed by atoms with Gasteiger partial charge in [0.15, 0.2) is 5.78 Å². The fourth-order valence-electron chi connectivity index (χ4n) is 4.54. The summed E-state index contributed by atoms with van der Waals surface area (Å²) < 4.78 is 6.12. The molecule has 0 radical (unpaired) electrons. The first-order chi connectivity index (χ1) is 13.6. The van der Waals surface area contributed by atoms with Crippen LogP contribution in [0.5, 0.6) is 11.5 Å². The summed E-state index contributed by atoms with van der Waals surface area (Å²) in [6.07, 6.45) is 6.94. The first-order valence-corrected chi connectivity index (χ1v) is 10.5. The van der Waals surface area contributed by atoms with Gasteiger partial charge in [-0.2, -0.15) is 0 Å². The minimum atomic E-state index is 0.0533. The van der Waals surface area contributed by atoms with Gasteiger partial charge in [0.25, 0.3) is 0 Å². The molecule has 4 nitrogen and oxygen atoms in total. The number of aryl methyl sites for hydroxylation is 1. The standard InChI is InChI=1S/C24H29NO3/c1-17(8-7-11-18-9-3-2-4-10-18)28-20-15-21-24(23(27)16-20)22(26)14-19-12-5-6-13-25(19)21/h2-4,9-10,15-17,19,27H,5-8,11-14H2,1H3/t17-,19-/m1/s1. The van der Waals surface area contributed by atoms with Gasteiger partial charge in [-0.1, -0.05) is 30.3 Å². The van der Waals surface area contributed by atoms with Gasteiger partial charge in [0.2, 0.25) is 0 Å². The molecule has 1 fully saturated rings. The second-order valence-electron chi connectivity index (χ2n) is 8.11. The first kappa shape index (κ1) is 18.9. The van der Waals surface area contributed by atoms with Crippen molar-refractivity contribution in [3.8, 4) is 11.5 Å². The van der Waals surface area contributed by atoms with E-state index in [2.05, 4.69) is 36.1 Å². The molecule has 4 heteroatoms. The Labute approximate surface area is 167 Å². The highest BCUT2D eigenvalue weighted by Crippen LogP contribution is 2.42. The molecule has 2 aliphatic heterocycles. The van der Waals surface area contributed by atoms with Crippen molar-refractivity contribution in [3.05, 3.63) is 53.6 Å². The maximum Gasteiger partial charge on any atom is 0.170 e. The van der Waals surface area contributed by atoms with Gasteiger partial charge < -0.3 is 14.7 Å². The van der Waals surface area contributed by atoms with E-state index < -0.39 is 0 Å². The molecule has 148 valence electrons. The van der Waals surface area contributed by atoms with Crippen LogP contribution >= 0.6 is 0 Å². The van der Waals surface area contributed by atoms with E-state index in [4.69, 9.17) is 4.74 Å². The topological polar surface area (TPSA) is 49.8 Å². The number of Topliss-reactive ketones (excluding diaryl/α,β-unsaturated/α-hetero) is 1. The number of carbonyl (C=O) groups excluding carboxylic acids is 1. The van der Waals surface area contributed by atoms with Crippen LogP contribution in [0, 0.1) is 0 Å². The number of piperidine rings is 1. The number of benzene rings is 2. The molecule has 2 aliphatic rings. The Morgan fingerprint density at radius 1 is 1.21 bits per heavy atom. The molecule has 0 saturated carbocycles. The van der Waals surface area contributed by atoms with E-state index in [1.54, 1.807) is 6.07 Å². The molecule has 1 saturated heterocycles. The summed E-state index contributed by atoms with van der Waals surface area (Å²) in [5.74, 6) is 0.763. The zero-order valence-corrected chi connectivity index (χ0v) is 16.6. The van der Waals surface area contributed by atoms with Crippen LogP contribution in [0.15, 0.2) is 42.5 Å². The molecule has 2 atom stereocenters. The summed E-state index contributed by atoms with van der Waals surface area (Å²) in [6.45, 7) is 3.01. The fourth-order valence-corrected chi connectivity index (χ4v) is 4.54. The van der Waals surface area contributed by atoms with Gasteiger partial charge in [0.1, 0.15) is 11.5 Å². The predicted molar refractivity (Wildman–Crippen MR) is 112 cm³/mol. The van der Waals surface area contributed by atoms with Crippen LogP contribution in [0.4, 0.5) is 5.69 Å². The minimum absolute atomic E-state index is 0.0533. The molecule has 0 unspecified atom stereocenters. The molecule has 1 N–H and O–H groups in total. The lowest BCUT2D eigenvalue weighted by atomic mass is 9.88. The van der Waals surface area contributed by atoms with Crippen LogP contribution < -0.4 is 9.64 Å². The average molecular weight is 380 g/mol. The van der Waals surface area contributed by atoms with Crippen LogP contribution in [-0.2, 0) is 6.42 Å². The SMILES string of the molecule is C[C@H](CCCc1ccccc1)Oc1cc(O)c2c(c1)N1CCCC[C@@H]1CC2=O. The number of fused-ring (bicyclic) bond motifs is 3. The van der Waals surface area contributed by atoms with Crippen molar-refractivity contribution in [2.45, 2.75) is 64.0 Å². The van der Waals surface area contributed by atoms with Gasteiger partial charge >= 0.3 is 0 Å². The third-order valence-electron chi connectivity index (χ3n) is 5.96. The van der Waals surface area contributed by atoms with Gasteiger partial charge in [-0.05, 0) is 51.0 Å². The lowest BCUT2D eigenvalue weighted by Gasteiger charge is -2.41. The van der Waals surface area contributed by atoms with E-state index in [9.17, 15) is 9.90 Å². The lowest BCUT2D eigenvalue weighted by Crippen LogP contribution is -2.44. The zero-order valence-electron chi connectivity index (χ0n) is 16.6. The lowest BCUT2D eigenvalue weighted by molar-refractivity contribution is 0.0958. The Bertz CT molecular complexity index is 833. The van der Waals surface area contributed by atoms with Crippen LogP contribution in [0.3, 0.4) is 0 Å². The first-order valence-electron chi connectivity index (χ1n) is 10.5. The van der Waals surface area contributed by atoms with Gasteiger partial charge in [-0.25, -0.2) is 0 Å². The molecular weight excluding hydrogens is 350 g/mol. The van der Waals surface area contributed by atoms with Crippen molar-refractivity contribution in [2.75, 3.05) is 11.4 Å². The predicted octanol–water partition coefficient (Wildman–Crippen LogP) is 5.13. The second-order valence-corrected chi connectivity index (χ2v) is 8.11. The maximum absolute atomic E-state index is 12.5. The number of rotatable bonds is 6. The average Bonchev–Trinajstić information content (AvgIpc) is 2.68. The molecule has 28 heavy (non-hydrogen) atoms. The van der Waals surface area contributed by atoms with Crippen LogP contribution in [0.25, 0.3) is 0 Å². The Kier molecular flexibility index (Phi) is 5.56. The zero-order chi connectivity index (χ0) is 19.5. The third kappa shape index (κ3) is 4.01. The highest BCUT2D eigenvalue weighted by atomic mass is 16.5. The second kappa shape index (κ2) is 8.26. The highest BCUT2D eigenvalue weighted by Gasteiger charge is 2.35. The number of anilines is 1. The van der Waals surface area contributed by atoms with E-state index in [-0.39, 0.29) is 23.7 Å². The van der Waals surface area contributed by atoms with Gasteiger partial charge in [0, 0.05) is 31.1 Å². The van der Waals surface area contributed by atoms with Crippen molar-refractivity contribution in [3.63, 3.8) is 0 Å². The van der Waals surface area contributed by atoms with E-state index in [0.29, 0.717) is 17.7 Å². The summed E-state index contributed by atoms with van der Waals surface area (Å²) in [5.41, 5.74) is 2.67. The van der Waals surface area contributed by atoms with E-state index in [1.165, 1.54) is 12.0 Å². The van der Waals surface area contributed by atoms with Gasteiger partial charge in [-0.15, -0.1) is 0 Å². The number of aromatic hydroxyl groups is 1. The largest absolute Gasteiger partial charge is 0.507 e. The Hall–Kier alpha value is -2.49. The van der Waals surface area contributed by atoms with Crippen molar-refractivity contribution >= 4 is 11.5 Å². The fraction of sp³-hybridized carbons (Fsp3) is 0.458. The summed E-state index contributed by atoms with van der Waals surface area (Å²) in [7, 11) is 0. The number of ketones is 1. The van der Waals surface area contributed by atoms with Crippen LogP contribution in [-0.4, -0.2) is 29.6 Å². The molecule has 2 heterocycles. The molecule has 4 rings (SSSR count). The van der Waals surface area contributed by atoms with Crippen molar-refractivity contribution < 1.29 is 14.6 Å². The molecule has 2 aromatic rings. The molecule has 0 aromatic heterocycles. The van der Waals surface area contributed by atoms with Crippen LogP contribution in [0.2, 0.25) is 0 Å². The third-order valence-corrected chi connectivity index (χ3v) is 5.96. The number of phenols is 1. The number of hydrogen-bond donors (Lipinski definition) is 1. The molecule has 2 aromatic carbocycles. The summed E-state index contributed by atoms with van der Waals surface area (Å²) in [4.78, 5) is 14.8. The number of hydrogen-bond acceptors (Lipinski definition) is 4. The Morgan fingerprint density at radius 2 is 2.04 bits per heavy atom. The Morgan fingerprint density at radius 3 is 2.86 bits per heavy atom. The highest BCUT2D eigenvalue weighted by molar-refractivity contribution is 6.06. The van der Waals surface area contributed by atoms with E-state index in [1.807, 2.05) is 12.1 Å². The molecule has 0 spiro atoms. The van der Waals surface area contributed by atoms with Crippen molar-refractivity contribution in [1.82, 2.24) is 0 Å². The normalized spacial score (nSPS) is 19.7. The Balaban J connectivity index is 1.44. The smallest absolute Gasteiger partial charge is 0.170 e. The molecule has 0 amide bonds. The summed E-state index contributed by atoms with van der Waals surface area (Å²) in [5, 5.41) is 10.5. The number of nitrogens with zero attached hydrogens (tertiary/aromatic N) is 1. The maximum atomic E-state index is 12.5. The number of phenolic OH excluding ortho intramolecular Hbond substituents is 1. The van der Waals surface area contributed by atoms with E-state index >= 15 is 0 Å². The monoisotopic (exact) mass is 379 g/mol. The number of ether oxygens (including phenoxy) is 1. The summed E-state index contributed by atoms with van der Waals surface area (Å²) in [6, 6.07) is 14.3. The van der Waals surface area contributed by atoms with Crippen LogP contribution in [0.1, 0.15) is 61.4 Å². The number of carbonyl (C=O) groups is 1. The quantitative estimate of drug-likeness (QED) is 0.756.